The van der Waals surface area contributed by atoms with Gasteiger partial charge in [-0.05, 0) is 13.3 Å². The highest BCUT2D eigenvalue weighted by Crippen LogP contribution is 2.12. The molecule has 0 aliphatic heterocycles. The third-order valence-corrected chi connectivity index (χ3v) is 2.85. The number of hydrogen-bond acceptors (Lipinski definition) is 4. The van der Waals surface area contributed by atoms with Crippen molar-refractivity contribution in [2.45, 2.75) is 38.3 Å². The van der Waals surface area contributed by atoms with Gasteiger partial charge >= 0.3 is 0 Å². The molecule has 0 fully saturated rings. The van der Waals surface area contributed by atoms with Crippen molar-refractivity contribution in [3.8, 4) is 0 Å². The molecule has 1 rings (SSSR count). The van der Waals surface area contributed by atoms with Gasteiger partial charge < -0.3 is 4.98 Å². The van der Waals surface area contributed by atoms with E-state index < -0.39 is 0 Å². The number of thioether (sulfide) groups is 1. The molecule has 1 heterocycles. The summed E-state index contributed by atoms with van der Waals surface area (Å²) in [5.41, 5.74) is 0.695. The van der Waals surface area contributed by atoms with Crippen molar-refractivity contribution in [3.05, 3.63) is 22.1 Å². The molecular weight excluding hydrogens is 224 g/mol. The molecule has 0 radical (unpaired) electrons. The molecule has 0 unspecified atom stereocenters. The molecule has 0 aliphatic rings. The Bertz CT molecular complexity index is 415. The number of hydrogen-bond donors (Lipinski definition) is 1. The average molecular weight is 240 g/mol. The smallest absolute Gasteiger partial charge is 0.251 e. The van der Waals surface area contributed by atoms with Crippen LogP contribution in [0.4, 0.5) is 0 Å². The predicted molar refractivity (Wildman–Crippen MR) is 64.9 cm³/mol. The van der Waals surface area contributed by atoms with E-state index in [1.165, 1.54) is 17.8 Å². The second kappa shape index (κ2) is 6.48. The number of Topliss-reactive ketones (excluding diaryl/α,β-unsaturated/α-hetero) is 1. The van der Waals surface area contributed by atoms with Crippen LogP contribution in [0.5, 0.6) is 0 Å². The van der Waals surface area contributed by atoms with Gasteiger partial charge in [-0.2, -0.15) is 0 Å². The molecular formula is C11H16N2O2S. The highest BCUT2D eigenvalue weighted by atomic mass is 32.2. The molecule has 0 aromatic carbocycles. The molecule has 0 atom stereocenters. The van der Waals surface area contributed by atoms with Gasteiger partial charge in [-0.25, -0.2) is 4.98 Å². The summed E-state index contributed by atoms with van der Waals surface area (Å²) in [7, 11) is 0. The zero-order valence-corrected chi connectivity index (χ0v) is 10.4. The van der Waals surface area contributed by atoms with Crippen LogP contribution in [-0.4, -0.2) is 21.5 Å². The Labute approximate surface area is 98.9 Å². The molecule has 4 nitrogen and oxygen atoms in total. The summed E-state index contributed by atoms with van der Waals surface area (Å²) in [5.74, 6) is 0.813. The van der Waals surface area contributed by atoms with Gasteiger partial charge in [0.15, 0.2) is 5.16 Å². The molecule has 1 aromatic heterocycles. The van der Waals surface area contributed by atoms with E-state index in [1.807, 2.05) is 6.92 Å². The van der Waals surface area contributed by atoms with Crippen LogP contribution in [0, 0.1) is 0 Å². The van der Waals surface area contributed by atoms with Gasteiger partial charge in [0.25, 0.3) is 5.56 Å². The molecule has 88 valence electrons. The minimum Gasteiger partial charge on any atom is -0.301 e. The van der Waals surface area contributed by atoms with Gasteiger partial charge in [0, 0.05) is 23.9 Å². The number of H-pyrrole nitrogens is 1. The van der Waals surface area contributed by atoms with E-state index in [1.54, 1.807) is 6.92 Å². The summed E-state index contributed by atoms with van der Waals surface area (Å²) in [6.07, 6.45) is 2.28. The Morgan fingerprint density at radius 3 is 2.94 bits per heavy atom. The summed E-state index contributed by atoms with van der Waals surface area (Å²) in [5, 5.41) is 0.609. The van der Waals surface area contributed by atoms with E-state index >= 15 is 0 Å². The summed E-state index contributed by atoms with van der Waals surface area (Å²) in [6, 6.07) is 1.53. The predicted octanol–water partition coefficient (Wildman–Crippen LogP) is 1.79. The zero-order chi connectivity index (χ0) is 12.0. The first-order chi connectivity index (χ1) is 7.61. The number of carbonyl (C=O) groups is 1. The molecule has 0 bridgehead atoms. The minimum absolute atomic E-state index is 0.122. The largest absolute Gasteiger partial charge is 0.301 e. The van der Waals surface area contributed by atoms with E-state index in [2.05, 4.69) is 9.97 Å². The standard InChI is InChI=1S/C11H16N2O2S/c1-3-4-9-7-10(15)13-11(12-9)16-6-5-8(2)14/h7H,3-6H2,1-2H3,(H,12,13,15). The molecule has 0 amide bonds. The monoisotopic (exact) mass is 240 g/mol. The Morgan fingerprint density at radius 2 is 2.31 bits per heavy atom. The first-order valence-corrected chi connectivity index (χ1v) is 6.33. The maximum absolute atomic E-state index is 11.3. The van der Waals surface area contributed by atoms with Gasteiger partial charge in [-0.15, -0.1) is 0 Å². The van der Waals surface area contributed by atoms with Crippen LogP contribution in [0.1, 0.15) is 32.4 Å². The molecule has 0 aliphatic carbocycles. The fraction of sp³-hybridized carbons (Fsp3) is 0.545. The summed E-state index contributed by atoms with van der Waals surface area (Å²) < 4.78 is 0. The number of nitrogens with one attached hydrogen (secondary N) is 1. The lowest BCUT2D eigenvalue weighted by Crippen LogP contribution is -2.10. The Balaban J connectivity index is 2.65. The van der Waals surface area contributed by atoms with Gasteiger partial charge in [0.2, 0.25) is 0 Å². The molecule has 0 spiro atoms. The average Bonchev–Trinajstić information content (AvgIpc) is 2.16. The van der Waals surface area contributed by atoms with Crippen molar-refractivity contribution in [2.75, 3.05) is 5.75 Å². The Morgan fingerprint density at radius 1 is 1.56 bits per heavy atom. The van der Waals surface area contributed by atoms with Crippen LogP contribution in [0.15, 0.2) is 16.0 Å². The van der Waals surface area contributed by atoms with Crippen LogP contribution in [0.2, 0.25) is 0 Å². The summed E-state index contributed by atoms with van der Waals surface area (Å²) >= 11 is 1.42. The van der Waals surface area contributed by atoms with Crippen molar-refractivity contribution < 1.29 is 4.79 Å². The number of nitrogens with zero attached hydrogens (tertiary/aromatic N) is 1. The maximum Gasteiger partial charge on any atom is 0.251 e. The van der Waals surface area contributed by atoms with E-state index in [0.717, 1.165) is 18.5 Å². The lowest BCUT2D eigenvalue weighted by atomic mass is 10.2. The maximum atomic E-state index is 11.3. The van der Waals surface area contributed by atoms with Crippen LogP contribution >= 0.6 is 11.8 Å². The molecule has 1 aromatic rings. The van der Waals surface area contributed by atoms with Crippen LogP contribution in [0.3, 0.4) is 0 Å². The number of aromatic nitrogens is 2. The summed E-state index contributed by atoms with van der Waals surface area (Å²) in [4.78, 5) is 29.1. The van der Waals surface area contributed by atoms with Crippen molar-refractivity contribution >= 4 is 17.5 Å². The highest BCUT2D eigenvalue weighted by molar-refractivity contribution is 7.99. The lowest BCUT2D eigenvalue weighted by molar-refractivity contribution is -0.116. The normalized spacial score (nSPS) is 10.4. The Hall–Kier alpha value is -1.10. The molecule has 0 saturated carbocycles. The van der Waals surface area contributed by atoms with Crippen molar-refractivity contribution in [1.29, 1.82) is 0 Å². The van der Waals surface area contributed by atoms with Gasteiger partial charge in [0.1, 0.15) is 5.78 Å². The van der Waals surface area contributed by atoms with Crippen molar-refractivity contribution in [2.24, 2.45) is 0 Å². The fourth-order valence-electron chi connectivity index (χ4n) is 1.23. The van der Waals surface area contributed by atoms with E-state index in [9.17, 15) is 9.59 Å². The molecule has 5 heteroatoms. The van der Waals surface area contributed by atoms with Crippen LogP contribution in [0.25, 0.3) is 0 Å². The third-order valence-electron chi connectivity index (χ3n) is 1.97. The van der Waals surface area contributed by atoms with Crippen LogP contribution < -0.4 is 5.56 Å². The molecule has 0 saturated heterocycles. The summed E-state index contributed by atoms with van der Waals surface area (Å²) in [6.45, 7) is 3.61. The van der Waals surface area contributed by atoms with Gasteiger partial charge in [0.05, 0.1) is 0 Å². The second-order valence-electron chi connectivity index (χ2n) is 3.59. The van der Waals surface area contributed by atoms with Crippen molar-refractivity contribution in [1.82, 2.24) is 9.97 Å². The molecule has 1 N–H and O–H groups in total. The first-order valence-electron chi connectivity index (χ1n) is 5.34. The van der Waals surface area contributed by atoms with E-state index in [0.29, 0.717) is 17.3 Å². The topological polar surface area (TPSA) is 62.8 Å². The Kier molecular flexibility index (Phi) is 5.25. The minimum atomic E-state index is -0.122. The van der Waals surface area contributed by atoms with Gasteiger partial charge in [-0.3, -0.25) is 9.59 Å². The lowest BCUT2D eigenvalue weighted by Gasteiger charge is -2.02. The van der Waals surface area contributed by atoms with Gasteiger partial charge in [-0.1, -0.05) is 25.1 Å². The van der Waals surface area contributed by atoms with Crippen molar-refractivity contribution in [3.63, 3.8) is 0 Å². The van der Waals surface area contributed by atoms with Crippen LogP contribution in [-0.2, 0) is 11.2 Å². The number of carbonyl (C=O) groups excluding carboxylic acids is 1. The quantitative estimate of drug-likeness (QED) is 0.608. The number of aryl methyl sites for hydroxylation is 1. The zero-order valence-electron chi connectivity index (χ0n) is 9.58. The fourth-order valence-corrected chi connectivity index (χ4v) is 2.16. The SMILES string of the molecule is CCCc1cc(=O)[nH]c(SCCC(C)=O)n1. The number of ketones is 1. The van der Waals surface area contributed by atoms with E-state index in [-0.39, 0.29) is 11.3 Å². The molecule has 16 heavy (non-hydrogen) atoms. The van der Waals surface area contributed by atoms with E-state index in [4.69, 9.17) is 0 Å². The first kappa shape index (κ1) is 13.0. The highest BCUT2D eigenvalue weighted by Gasteiger charge is 2.02. The number of rotatable bonds is 6. The third kappa shape index (κ3) is 4.61. The second-order valence-corrected chi connectivity index (χ2v) is 4.68. The number of aromatic amines is 1.